The number of fused-ring (bicyclic) bond motifs is 1. The highest BCUT2D eigenvalue weighted by Crippen LogP contribution is 2.38. The van der Waals surface area contributed by atoms with E-state index in [9.17, 15) is 13.2 Å². The Morgan fingerprint density at radius 3 is 2.50 bits per heavy atom. The van der Waals surface area contributed by atoms with E-state index in [1.54, 1.807) is 6.07 Å². The van der Waals surface area contributed by atoms with Crippen LogP contribution in [0.3, 0.4) is 0 Å². The maximum Gasteiger partial charge on any atom is 0.422 e. The summed E-state index contributed by atoms with van der Waals surface area (Å²) in [5.74, 6) is 1.67. The van der Waals surface area contributed by atoms with Gasteiger partial charge in [0, 0.05) is 5.69 Å². The lowest BCUT2D eigenvalue weighted by atomic mass is 9.77. The number of halogens is 3. The number of benzene rings is 2. The summed E-state index contributed by atoms with van der Waals surface area (Å²) >= 11 is 5.39. The van der Waals surface area contributed by atoms with Crippen LogP contribution in [-0.2, 0) is 0 Å². The molecule has 1 fully saturated rings. The average molecular weight is 492 g/mol. The van der Waals surface area contributed by atoms with Crippen molar-refractivity contribution in [2.24, 2.45) is 5.92 Å². The molecule has 0 unspecified atom stereocenters. The molecule has 5 nitrogen and oxygen atoms in total. The molecule has 0 bridgehead atoms. The van der Waals surface area contributed by atoms with Gasteiger partial charge in [-0.3, -0.25) is 0 Å². The molecule has 0 aliphatic heterocycles. The lowest BCUT2D eigenvalue weighted by molar-refractivity contribution is -0.153. The van der Waals surface area contributed by atoms with Crippen molar-refractivity contribution in [3.05, 3.63) is 48.0 Å². The number of nitrogens with one attached hydrogen (secondary N) is 2. The average Bonchev–Trinajstić information content (AvgIpc) is 3.22. The third kappa shape index (κ3) is 6.20. The van der Waals surface area contributed by atoms with E-state index in [0.29, 0.717) is 16.9 Å². The molecule has 2 aromatic carbocycles. The number of alkyl halides is 3. The minimum absolute atomic E-state index is 0.0133. The van der Waals surface area contributed by atoms with Crippen LogP contribution in [0.1, 0.15) is 56.9 Å². The second kappa shape index (κ2) is 10.6. The van der Waals surface area contributed by atoms with Gasteiger partial charge in [0.25, 0.3) is 0 Å². The van der Waals surface area contributed by atoms with E-state index in [1.807, 2.05) is 12.1 Å². The standard InChI is InChI=1S/C25H28F3N3O2S/c1-2-4-16-7-9-17(10-8-16)18-11-13-19(14-12-18)29-24(34)30-23-22-20(32-15-25(26,27)28)5-3-6-21(22)33-31-23/h3,5-6,11-14,16-17H,2,4,7-10,15H2,1H3,(H2,29,30,31,34). The lowest BCUT2D eigenvalue weighted by Crippen LogP contribution is -2.20. The Balaban J connectivity index is 1.37. The smallest absolute Gasteiger partial charge is 0.422 e. The lowest BCUT2D eigenvalue weighted by Gasteiger charge is -2.28. The van der Waals surface area contributed by atoms with Gasteiger partial charge in [0.1, 0.15) is 11.1 Å². The molecule has 1 aliphatic carbocycles. The first-order chi connectivity index (χ1) is 16.3. The summed E-state index contributed by atoms with van der Waals surface area (Å²) in [6.45, 7) is 0.842. The van der Waals surface area contributed by atoms with Crippen molar-refractivity contribution in [1.82, 2.24) is 5.16 Å². The quantitative estimate of drug-likeness (QED) is 0.331. The minimum atomic E-state index is -4.45. The molecule has 1 aromatic heterocycles. The summed E-state index contributed by atoms with van der Waals surface area (Å²) < 4.78 is 48.0. The summed E-state index contributed by atoms with van der Waals surface area (Å²) in [7, 11) is 0. The van der Waals surface area contributed by atoms with E-state index < -0.39 is 12.8 Å². The minimum Gasteiger partial charge on any atom is -0.483 e. The van der Waals surface area contributed by atoms with Gasteiger partial charge < -0.3 is 19.9 Å². The number of rotatable bonds is 7. The van der Waals surface area contributed by atoms with E-state index in [0.717, 1.165) is 11.6 Å². The van der Waals surface area contributed by atoms with Crippen LogP contribution in [0.4, 0.5) is 24.7 Å². The van der Waals surface area contributed by atoms with Gasteiger partial charge in [0.15, 0.2) is 23.1 Å². The van der Waals surface area contributed by atoms with Gasteiger partial charge >= 0.3 is 6.18 Å². The van der Waals surface area contributed by atoms with E-state index >= 15 is 0 Å². The number of anilines is 2. The Hall–Kier alpha value is -2.81. The topological polar surface area (TPSA) is 59.3 Å². The van der Waals surface area contributed by atoms with Crippen LogP contribution >= 0.6 is 12.2 Å². The zero-order chi connectivity index (χ0) is 24.1. The largest absolute Gasteiger partial charge is 0.483 e. The molecule has 1 aliphatic rings. The Morgan fingerprint density at radius 1 is 1.09 bits per heavy atom. The van der Waals surface area contributed by atoms with Crippen molar-refractivity contribution in [2.45, 2.75) is 57.5 Å². The van der Waals surface area contributed by atoms with Crippen LogP contribution in [0.2, 0.25) is 0 Å². The van der Waals surface area contributed by atoms with Crippen molar-refractivity contribution >= 4 is 39.8 Å². The highest BCUT2D eigenvalue weighted by Gasteiger charge is 2.29. The van der Waals surface area contributed by atoms with Crippen molar-refractivity contribution in [3.63, 3.8) is 0 Å². The molecule has 0 radical (unpaired) electrons. The molecule has 0 atom stereocenters. The van der Waals surface area contributed by atoms with Gasteiger partial charge in [0.2, 0.25) is 0 Å². The first-order valence-electron chi connectivity index (χ1n) is 11.6. The molecule has 182 valence electrons. The predicted molar refractivity (Wildman–Crippen MR) is 131 cm³/mol. The number of aromatic nitrogens is 1. The summed E-state index contributed by atoms with van der Waals surface area (Å²) in [6, 6.07) is 12.8. The fraction of sp³-hybridized carbons (Fsp3) is 0.440. The first kappa shape index (κ1) is 24.3. The highest BCUT2D eigenvalue weighted by atomic mass is 32.1. The summed E-state index contributed by atoms with van der Waals surface area (Å²) in [6.07, 6.45) is 3.20. The summed E-state index contributed by atoms with van der Waals surface area (Å²) in [5, 5.41) is 10.4. The molecule has 4 rings (SSSR count). The van der Waals surface area contributed by atoms with Crippen LogP contribution in [0.5, 0.6) is 5.75 Å². The van der Waals surface area contributed by atoms with Crippen molar-refractivity contribution < 1.29 is 22.4 Å². The van der Waals surface area contributed by atoms with E-state index in [-0.39, 0.29) is 16.7 Å². The molecular weight excluding hydrogens is 463 g/mol. The van der Waals surface area contributed by atoms with Crippen LogP contribution in [0.15, 0.2) is 47.0 Å². The molecule has 3 aromatic rings. The van der Waals surface area contributed by atoms with Gasteiger partial charge in [-0.1, -0.05) is 43.1 Å². The maximum absolute atomic E-state index is 12.6. The zero-order valence-electron chi connectivity index (χ0n) is 19.0. The van der Waals surface area contributed by atoms with Gasteiger partial charge in [-0.15, -0.1) is 0 Å². The number of hydrogen-bond acceptors (Lipinski definition) is 4. The number of nitrogens with zero attached hydrogens (tertiary/aromatic N) is 1. The molecule has 34 heavy (non-hydrogen) atoms. The zero-order valence-corrected chi connectivity index (χ0v) is 19.8. The first-order valence-corrected chi connectivity index (χ1v) is 12.0. The molecule has 2 N–H and O–H groups in total. The molecule has 1 heterocycles. The second-order valence-electron chi connectivity index (χ2n) is 8.77. The number of hydrogen-bond donors (Lipinski definition) is 2. The van der Waals surface area contributed by atoms with Gasteiger partial charge in [-0.25, -0.2) is 0 Å². The fourth-order valence-corrected chi connectivity index (χ4v) is 4.84. The van der Waals surface area contributed by atoms with E-state index in [1.165, 1.54) is 56.2 Å². The molecule has 0 amide bonds. The molecule has 0 spiro atoms. The summed E-state index contributed by atoms with van der Waals surface area (Å²) in [5.41, 5.74) is 2.44. The Labute approximate surface area is 202 Å². The van der Waals surface area contributed by atoms with Crippen molar-refractivity contribution in [2.75, 3.05) is 17.2 Å². The molecule has 0 saturated heterocycles. The van der Waals surface area contributed by atoms with Gasteiger partial charge in [-0.2, -0.15) is 13.2 Å². The van der Waals surface area contributed by atoms with Crippen molar-refractivity contribution in [3.8, 4) is 5.75 Å². The Morgan fingerprint density at radius 2 is 1.82 bits per heavy atom. The fourth-order valence-electron chi connectivity index (χ4n) is 4.63. The van der Waals surface area contributed by atoms with E-state index in [2.05, 4.69) is 34.8 Å². The Bertz CT molecular complexity index is 1110. The third-order valence-corrected chi connectivity index (χ3v) is 6.47. The van der Waals surface area contributed by atoms with Crippen LogP contribution < -0.4 is 15.4 Å². The van der Waals surface area contributed by atoms with Gasteiger partial charge in [-0.05, 0) is 79.6 Å². The van der Waals surface area contributed by atoms with Crippen LogP contribution in [-0.4, -0.2) is 23.1 Å². The summed E-state index contributed by atoms with van der Waals surface area (Å²) in [4.78, 5) is 0. The highest BCUT2D eigenvalue weighted by molar-refractivity contribution is 7.80. The van der Waals surface area contributed by atoms with Crippen molar-refractivity contribution in [1.29, 1.82) is 0 Å². The Kier molecular flexibility index (Phi) is 7.60. The number of ether oxygens (including phenoxy) is 1. The monoisotopic (exact) mass is 491 g/mol. The molecule has 1 saturated carbocycles. The van der Waals surface area contributed by atoms with E-state index in [4.69, 9.17) is 21.5 Å². The molecule has 9 heteroatoms. The number of thiocarbonyl (C=S) groups is 1. The third-order valence-electron chi connectivity index (χ3n) is 6.27. The molecular formula is C25H28F3N3O2S. The second-order valence-corrected chi connectivity index (χ2v) is 9.18. The van der Waals surface area contributed by atoms with Crippen LogP contribution in [0.25, 0.3) is 11.0 Å². The normalized spacial score (nSPS) is 18.6. The SMILES string of the molecule is CCCC1CCC(c2ccc(NC(=S)Nc3noc4cccc(OCC(F)(F)F)c34)cc2)CC1. The van der Waals surface area contributed by atoms with Crippen LogP contribution in [0, 0.1) is 5.92 Å². The maximum atomic E-state index is 12.6. The van der Waals surface area contributed by atoms with Gasteiger partial charge in [0.05, 0.1) is 0 Å². The predicted octanol–water partition coefficient (Wildman–Crippen LogP) is 7.65.